The first-order valence-corrected chi connectivity index (χ1v) is 6.65. The lowest BCUT2D eigenvalue weighted by Crippen LogP contribution is -2.31. The van der Waals surface area contributed by atoms with E-state index in [1.165, 1.54) is 19.2 Å². The van der Waals surface area contributed by atoms with Crippen molar-refractivity contribution in [1.29, 1.82) is 0 Å². The van der Waals surface area contributed by atoms with Gasteiger partial charge in [0.25, 0.3) is 0 Å². The molecular weight excluding hydrogens is 241 g/mol. The Bertz CT molecular complexity index is 356. The summed E-state index contributed by atoms with van der Waals surface area (Å²) in [6, 6.07) is 5.52. The molecule has 0 aliphatic heterocycles. The van der Waals surface area contributed by atoms with E-state index < -0.39 is 6.04 Å². The zero-order chi connectivity index (χ0) is 12.7. The van der Waals surface area contributed by atoms with Crippen molar-refractivity contribution < 1.29 is 13.9 Å². The highest BCUT2D eigenvalue weighted by Gasteiger charge is 2.18. The minimum Gasteiger partial charge on any atom is -0.467 e. The molecule has 1 atom stereocenters. The van der Waals surface area contributed by atoms with E-state index in [2.05, 4.69) is 5.32 Å². The lowest BCUT2D eigenvalue weighted by molar-refractivity contribution is -0.141. The normalized spacial score (nSPS) is 11.9. The maximum absolute atomic E-state index is 12.7. The van der Waals surface area contributed by atoms with Gasteiger partial charge in [-0.1, -0.05) is 0 Å². The van der Waals surface area contributed by atoms with Gasteiger partial charge in [-0.25, -0.2) is 9.18 Å². The van der Waals surface area contributed by atoms with Gasteiger partial charge < -0.3 is 10.1 Å². The predicted octanol–water partition coefficient (Wildman–Crippen LogP) is 2.53. The Morgan fingerprint density at radius 2 is 2.12 bits per heavy atom. The van der Waals surface area contributed by atoms with Crippen molar-refractivity contribution in [2.75, 3.05) is 24.4 Å². The van der Waals surface area contributed by atoms with Gasteiger partial charge in [0.2, 0.25) is 0 Å². The number of benzene rings is 1. The third-order valence-electron chi connectivity index (χ3n) is 2.28. The van der Waals surface area contributed by atoms with Crippen molar-refractivity contribution in [2.45, 2.75) is 12.5 Å². The van der Waals surface area contributed by atoms with E-state index in [0.29, 0.717) is 12.1 Å². The number of methoxy groups -OCH3 is 1. The van der Waals surface area contributed by atoms with Crippen LogP contribution in [0.1, 0.15) is 6.42 Å². The van der Waals surface area contributed by atoms with Crippen LogP contribution in [0.4, 0.5) is 10.1 Å². The van der Waals surface area contributed by atoms with E-state index in [0.717, 1.165) is 5.75 Å². The first kappa shape index (κ1) is 13.8. The average Bonchev–Trinajstić information content (AvgIpc) is 2.36. The molecule has 1 rings (SSSR count). The Hall–Kier alpha value is -1.23. The zero-order valence-corrected chi connectivity index (χ0v) is 10.7. The predicted molar refractivity (Wildman–Crippen MR) is 68.8 cm³/mol. The molecule has 1 aromatic carbocycles. The number of hydrogen-bond donors (Lipinski definition) is 1. The van der Waals surface area contributed by atoms with Crippen molar-refractivity contribution in [3.8, 4) is 0 Å². The molecule has 0 aliphatic carbocycles. The Morgan fingerprint density at radius 1 is 1.47 bits per heavy atom. The number of halogens is 1. The molecule has 1 unspecified atom stereocenters. The molecule has 0 aliphatic rings. The minimum absolute atomic E-state index is 0.297. The van der Waals surface area contributed by atoms with Crippen LogP contribution in [-0.4, -0.2) is 31.1 Å². The number of carbonyl (C=O) groups excluding carboxylic acids is 1. The molecule has 0 bridgehead atoms. The second-order valence-electron chi connectivity index (χ2n) is 3.51. The summed E-state index contributed by atoms with van der Waals surface area (Å²) in [5.74, 6) is 0.256. The molecule has 0 amide bonds. The summed E-state index contributed by atoms with van der Waals surface area (Å²) < 4.78 is 17.4. The third kappa shape index (κ3) is 4.65. The lowest BCUT2D eigenvalue weighted by Gasteiger charge is -2.17. The Morgan fingerprint density at radius 3 is 2.65 bits per heavy atom. The molecule has 1 N–H and O–H groups in total. The maximum Gasteiger partial charge on any atom is 0.328 e. The number of carbonyl (C=O) groups is 1. The highest BCUT2D eigenvalue weighted by atomic mass is 32.2. The molecule has 0 heterocycles. The van der Waals surface area contributed by atoms with Crippen LogP contribution in [0.3, 0.4) is 0 Å². The van der Waals surface area contributed by atoms with Crippen molar-refractivity contribution >= 4 is 23.4 Å². The van der Waals surface area contributed by atoms with Crippen LogP contribution in [0, 0.1) is 5.82 Å². The number of nitrogens with one attached hydrogen (secondary N) is 1. The molecule has 0 saturated carbocycles. The summed E-state index contributed by atoms with van der Waals surface area (Å²) in [5.41, 5.74) is 0.711. The number of anilines is 1. The van der Waals surface area contributed by atoms with Crippen LogP contribution < -0.4 is 5.32 Å². The van der Waals surface area contributed by atoms with Crippen molar-refractivity contribution in [2.24, 2.45) is 0 Å². The highest BCUT2D eigenvalue weighted by Crippen LogP contribution is 2.13. The summed E-state index contributed by atoms with van der Waals surface area (Å²) >= 11 is 1.66. The number of rotatable bonds is 6. The van der Waals surface area contributed by atoms with E-state index in [-0.39, 0.29) is 11.8 Å². The van der Waals surface area contributed by atoms with Gasteiger partial charge in [0.05, 0.1) is 7.11 Å². The van der Waals surface area contributed by atoms with Crippen LogP contribution in [0.25, 0.3) is 0 Å². The topological polar surface area (TPSA) is 38.3 Å². The lowest BCUT2D eigenvalue weighted by atomic mass is 10.2. The summed E-state index contributed by atoms with van der Waals surface area (Å²) in [7, 11) is 1.36. The standard InChI is InChI=1S/C12H16FNO2S/c1-16-12(15)11(7-8-17-2)14-10-5-3-9(13)4-6-10/h3-6,11,14H,7-8H2,1-2H3. The Labute approximate surface area is 105 Å². The molecule has 0 radical (unpaired) electrons. The van der Waals surface area contributed by atoms with Gasteiger partial charge in [0.1, 0.15) is 11.9 Å². The fraction of sp³-hybridized carbons (Fsp3) is 0.417. The average molecular weight is 257 g/mol. The summed E-state index contributed by atoms with van der Waals surface area (Å²) in [6.45, 7) is 0. The Kier molecular flexibility index (Phi) is 5.83. The molecule has 1 aromatic rings. The first-order chi connectivity index (χ1) is 8.17. The zero-order valence-electron chi connectivity index (χ0n) is 9.90. The quantitative estimate of drug-likeness (QED) is 0.795. The largest absolute Gasteiger partial charge is 0.467 e. The van der Waals surface area contributed by atoms with Gasteiger partial charge in [-0.3, -0.25) is 0 Å². The van der Waals surface area contributed by atoms with Gasteiger partial charge in [0.15, 0.2) is 0 Å². The molecule has 0 fully saturated rings. The van der Waals surface area contributed by atoms with Gasteiger partial charge >= 0.3 is 5.97 Å². The van der Waals surface area contributed by atoms with Gasteiger partial charge in [-0.05, 0) is 42.7 Å². The summed E-state index contributed by atoms with van der Waals surface area (Å²) in [4.78, 5) is 11.5. The molecule has 0 aromatic heterocycles. The molecule has 94 valence electrons. The van der Waals surface area contributed by atoms with E-state index in [1.807, 2.05) is 6.26 Å². The fourth-order valence-electron chi connectivity index (χ4n) is 1.37. The van der Waals surface area contributed by atoms with Gasteiger partial charge in [-0.2, -0.15) is 11.8 Å². The number of hydrogen-bond acceptors (Lipinski definition) is 4. The van der Waals surface area contributed by atoms with Gasteiger partial charge in [0, 0.05) is 5.69 Å². The summed E-state index contributed by atoms with van der Waals surface area (Å²) in [5, 5.41) is 3.04. The number of ether oxygens (including phenoxy) is 1. The number of thioether (sulfide) groups is 1. The highest BCUT2D eigenvalue weighted by molar-refractivity contribution is 7.98. The van der Waals surface area contributed by atoms with E-state index in [4.69, 9.17) is 4.74 Å². The van der Waals surface area contributed by atoms with Crippen molar-refractivity contribution in [3.63, 3.8) is 0 Å². The fourth-order valence-corrected chi connectivity index (χ4v) is 1.85. The third-order valence-corrected chi connectivity index (χ3v) is 2.93. The van der Waals surface area contributed by atoms with Crippen LogP contribution >= 0.6 is 11.8 Å². The van der Waals surface area contributed by atoms with Crippen LogP contribution in [-0.2, 0) is 9.53 Å². The molecule has 5 heteroatoms. The van der Waals surface area contributed by atoms with Crippen LogP contribution in [0.5, 0.6) is 0 Å². The van der Waals surface area contributed by atoms with E-state index in [1.54, 1.807) is 23.9 Å². The molecule has 3 nitrogen and oxygen atoms in total. The second-order valence-corrected chi connectivity index (χ2v) is 4.49. The summed E-state index contributed by atoms with van der Waals surface area (Å²) in [6.07, 6.45) is 2.65. The molecular formula is C12H16FNO2S. The second kappa shape index (κ2) is 7.17. The van der Waals surface area contributed by atoms with Crippen molar-refractivity contribution in [3.05, 3.63) is 30.1 Å². The van der Waals surface area contributed by atoms with Crippen LogP contribution in [0.15, 0.2) is 24.3 Å². The van der Waals surface area contributed by atoms with E-state index in [9.17, 15) is 9.18 Å². The molecule has 0 saturated heterocycles. The van der Waals surface area contributed by atoms with E-state index >= 15 is 0 Å². The smallest absolute Gasteiger partial charge is 0.328 e. The van der Waals surface area contributed by atoms with Crippen LogP contribution in [0.2, 0.25) is 0 Å². The monoisotopic (exact) mass is 257 g/mol. The first-order valence-electron chi connectivity index (χ1n) is 5.26. The molecule has 0 spiro atoms. The maximum atomic E-state index is 12.7. The van der Waals surface area contributed by atoms with Gasteiger partial charge in [-0.15, -0.1) is 0 Å². The SMILES string of the molecule is COC(=O)C(CCSC)Nc1ccc(F)cc1. The number of esters is 1. The Balaban J connectivity index is 2.64. The molecule has 17 heavy (non-hydrogen) atoms. The van der Waals surface area contributed by atoms with Crippen molar-refractivity contribution in [1.82, 2.24) is 0 Å². The minimum atomic E-state index is -0.391.